The van der Waals surface area contributed by atoms with E-state index < -0.39 is 42.0 Å². The van der Waals surface area contributed by atoms with Gasteiger partial charge >= 0.3 is 23.9 Å². The highest BCUT2D eigenvalue weighted by atomic mass is 16.4. The van der Waals surface area contributed by atoms with Crippen molar-refractivity contribution in [2.75, 3.05) is 13.1 Å². The van der Waals surface area contributed by atoms with Crippen molar-refractivity contribution in [3.63, 3.8) is 0 Å². The third kappa shape index (κ3) is 21.3. The number of carboxylic acids is 4. The molecule has 1 aromatic rings. The van der Waals surface area contributed by atoms with E-state index in [4.69, 9.17) is 48.5 Å². The summed E-state index contributed by atoms with van der Waals surface area (Å²) in [6.45, 7) is 5.25. The highest BCUT2D eigenvalue weighted by Gasteiger charge is 2.20. The number of nitrogens with one attached hydrogen (secondary N) is 1. The standard InChI is InChI=1S/C9H11NO3.C6H13NO2.C5H12N2O2.C5H9NO2/c10-8(9(12)13)5-6-1-3-7(11)4-2-6;1-4(2)3-5(7)6(8)9;6-3-1-2-4(7)5(8)9;7-5(8)4-2-1-3-6-4/h1-4,8,11H,5,10H2,(H,12,13);4-5H,3,7H2,1-2H3,(H,8,9);4H,1-3,6-7H2,(H,8,9);4,6H,1-3H2,(H,7,8)/t8-;5-;2*4-/m0000/s1. The minimum Gasteiger partial charge on any atom is -0.508 e. The first kappa shape index (κ1) is 37.9. The fourth-order valence-corrected chi connectivity index (χ4v) is 2.94. The lowest BCUT2D eigenvalue weighted by atomic mass is 10.1. The van der Waals surface area contributed by atoms with Crippen molar-refractivity contribution in [2.24, 2.45) is 28.9 Å². The molecular weight excluding hydrogens is 514 g/mol. The van der Waals surface area contributed by atoms with Crippen molar-refractivity contribution >= 4 is 23.9 Å². The van der Waals surface area contributed by atoms with E-state index in [2.05, 4.69) is 5.32 Å². The Balaban J connectivity index is 0. The first-order chi connectivity index (χ1) is 18.1. The van der Waals surface area contributed by atoms with E-state index in [1.807, 2.05) is 13.8 Å². The molecule has 1 aromatic carbocycles. The molecule has 0 radical (unpaired) electrons. The van der Waals surface area contributed by atoms with Crippen LogP contribution in [-0.4, -0.2) is 86.7 Å². The van der Waals surface area contributed by atoms with Crippen molar-refractivity contribution < 1.29 is 44.7 Å². The number of phenols is 1. The maximum atomic E-state index is 10.4. The van der Waals surface area contributed by atoms with Crippen LogP contribution in [-0.2, 0) is 25.6 Å². The van der Waals surface area contributed by atoms with Gasteiger partial charge in [-0.15, -0.1) is 0 Å². The Morgan fingerprint density at radius 3 is 1.72 bits per heavy atom. The molecule has 0 unspecified atom stereocenters. The molecule has 14 N–H and O–H groups in total. The topological polar surface area (TPSA) is 286 Å². The smallest absolute Gasteiger partial charge is 0.320 e. The number of nitrogens with two attached hydrogens (primary N) is 4. The van der Waals surface area contributed by atoms with Crippen LogP contribution in [0.5, 0.6) is 5.75 Å². The molecule has 4 atom stereocenters. The lowest BCUT2D eigenvalue weighted by molar-refractivity contribution is -0.139. The van der Waals surface area contributed by atoms with Crippen LogP contribution < -0.4 is 28.3 Å². The first-order valence-corrected chi connectivity index (χ1v) is 12.5. The van der Waals surface area contributed by atoms with E-state index in [0.29, 0.717) is 31.7 Å². The molecule has 14 nitrogen and oxygen atoms in total. The van der Waals surface area contributed by atoms with Crippen molar-refractivity contribution in [1.29, 1.82) is 0 Å². The number of carboxylic acid groups (broad SMARTS) is 4. The van der Waals surface area contributed by atoms with Crippen molar-refractivity contribution in [2.45, 2.75) is 76.5 Å². The number of aromatic hydroxyl groups is 1. The van der Waals surface area contributed by atoms with Gasteiger partial charge in [0.2, 0.25) is 0 Å². The molecule has 14 heteroatoms. The molecule has 0 saturated carbocycles. The summed E-state index contributed by atoms with van der Waals surface area (Å²) in [4.78, 5) is 40.7. The summed E-state index contributed by atoms with van der Waals surface area (Å²) in [6.07, 6.45) is 3.75. The number of rotatable bonds is 11. The normalized spacial score (nSPS) is 16.1. The predicted molar refractivity (Wildman–Crippen MR) is 145 cm³/mol. The van der Waals surface area contributed by atoms with Gasteiger partial charge in [0.25, 0.3) is 0 Å². The average Bonchev–Trinajstić information content (AvgIpc) is 3.40. The van der Waals surface area contributed by atoms with E-state index in [-0.39, 0.29) is 18.2 Å². The molecule has 0 spiro atoms. The SMILES string of the molecule is CC(C)C[C@H](N)C(=O)O.NCCC[C@H](N)C(=O)O.N[C@@H](Cc1ccc(O)cc1)C(=O)O.O=C(O)[C@@H]1CCCN1. The van der Waals surface area contributed by atoms with Crippen molar-refractivity contribution in [3.8, 4) is 5.75 Å². The minimum atomic E-state index is -1.02. The van der Waals surface area contributed by atoms with Crippen LogP contribution in [0.15, 0.2) is 24.3 Å². The molecule has 0 amide bonds. The van der Waals surface area contributed by atoms with Gasteiger partial charge in [0.15, 0.2) is 0 Å². The summed E-state index contributed by atoms with van der Waals surface area (Å²) >= 11 is 0. The molecule has 39 heavy (non-hydrogen) atoms. The van der Waals surface area contributed by atoms with Gasteiger partial charge in [0.05, 0.1) is 0 Å². The summed E-state index contributed by atoms with van der Waals surface area (Å²) in [6, 6.07) is 3.72. The molecule has 1 fully saturated rings. The zero-order valence-corrected chi connectivity index (χ0v) is 22.5. The van der Waals surface area contributed by atoms with E-state index in [1.54, 1.807) is 12.1 Å². The molecular formula is C25H45N5O9. The summed E-state index contributed by atoms with van der Waals surface area (Å²) in [5.74, 6) is -3.09. The Morgan fingerprint density at radius 2 is 1.41 bits per heavy atom. The maximum absolute atomic E-state index is 10.4. The van der Waals surface area contributed by atoms with Gasteiger partial charge in [-0.2, -0.15) is 0 Å². The Morgan fingerprint density at radius 1 is 0.897 bits per heavy atom. The second kappa shape index (κ2) is 21.6. The zero-order chi connectivity index (χ0) is 30.5. The van der Waals surface area contributed by atoms with Crippen LogP contribution in [0.4, 0.5) is 0 Å². The third-order valence-corrected chi connectivity index (χ3v) is 5.15. The van der Waals surface area contributed by atoms with Gasteiger partial charge < -0.3 is 53.8 Å². The largest absolute Gasteiger partial charge is 0.508 e. The molecule has 2 rings (SSSR count). The molecule has 0 aromatic heterocycles. The van der Waals surface area contributed by atoms with Gasteiger partial charge in [-0.1, -0.05) is 26.0 Å². The molecule has 1 aliphatic rings. The highest BCUT2D eigenvalue weighted by Crippen LogP contribution is 2.10. The van der Waals surface area contributed by atoms with Crippen LogP contribution >= 0.6 is 0 Å². The lowest BCUT2D eigenvalue weighted by Crippen LogP contribution is -2.32. The molecule has 1 aliphatic heterocycles. The van der Waals surface area contributed by atoms with Crippen LogP contribution in [0.3, 0.4) is 0 Å². The quantitative estimate of drug-likeness (QED) is 0.167. The van der Waals surface area contributed by atoms with Crippen molar-refractivity contribution in [1.82, 2.24) is 5.32 Å². The van der Waals surface area contributed by atoms with E-state index in [0.717, 1.165) is 24.9 Å². The van der Waals surface area contributed by atoms with Gasteiger partial charge in [0.1, 0.15) is 29.9 Å². The molecule has 1 heterocycles. The van der Waals surface area contributed by atoms with E-state index >= 15 is 0 Å². The summed E-state index contributed by atoms with van der Waals surface area (Å²) in [5.41, 5.74) is 21.6. The van der Waals surface area contributed by atoms with Crippen molar-refractivity contribution in [3.05, 3.63) is 29.8 Å². The monoisotopic (exact) mass is 559 g/mol. The number of carbonyl (C=O) groups is 4. The predicted octanol–water partition coefficient (Wildman–Crippen LogP) is -0.249. The molecule has 0 aliphatic carbocycles. The van der Waals surface area contributed by atoms with Crippen LogP contribution in [0, 0.1) is 5.92 Å². The van der Waals surface area contributed by atoms with Gasteiger partial charge in [-0.05, 0) is 75.2 Å². The lowest BCUT2D eigenvalue weighted by Gasteiger charge is -2.07. The van der Waals surface area contributed by atoms with E-state index in [9.17, 15) is 19.2 Å². The second-order valence-electron chi connectivity index (χ2n) is 9.25. The summed E-state index contributed by atoms with van der Waals surface area (Å²) in [7, 11) is 0. The third-order valence-electron chi connectivity index (χ3n) is 5.15. The molecule has 224 valence electrons. The van der Waals surface area contributed by atoms with Gasteiger partial charge in [0, 0.05) is 0 Å². The highest BCUT2D eigenvalue weighted by molar-refractivity contribution is 5.74. The number of benzene rings is 1. The molecule has 1 saturated heterocycles. The Labute approximate surface area is 228 Å². The number of hydrogen-bond donors (Lipinski definition) is 10. The fraction of sp³-hybridized carbons (Fsp3) is 0.600. The number of hydrogen-bond acceptors (Lipinski definition) is 10. The number of aliphatic carboxylic acids is 4. The maximum Gasteiger partial charge on any atom is 0.320 e. The Bertz CT molecular complexity index is 847. The average molecular weight is 560 g/mol. The summed E-state index contributed by atoms with van der Waals surface area (Å²) in [5, 5.41) is 45.2. The van der Waals surface area contributed by atoms with Gasteiger partial charge in [-0.25, -0.2) is 0 Å². The number of phenolic OH excluding ortho intramolecular Hbond substituents is 1. The Kier molecular flexibility index (Phi) is 21.0. The van der Waals surface area contributed by atoms with E-state index in [1.165, 1.54) is 12.1 Å². The van der Waals surface area contributed by atoms with Gasteiger partial charge in [-0.3, -0.25) is 19.2 Å². The zero-order valence-electron chi connectivity index (χ0n) is 22.5. The van der Waals surface area contributed by atoms with Crippen LogP contribution in [0.1, 0.15) is 51.5 Å². The molecule has 0 bridgehead atoms. The van der Waals surface area contributed by atoms with Crippen LogP contribution in [0.25, 0.3) is 0 Å². The second-order valence-corrected chi connectivity index (χ2v) is 9.25. The summed E-state index contributed by atoms with van der Waals surface area (Å²) < 4.78 is 0. The first-order valence-electron chi connectivity index (χ1n) is 12.5. The Hall–Kier alpha value is -3.30. The van der Waals surface area contributed by atoms with Crippen LogP contribution in [0.2, 0.25) is 0 Å². The minimum absolute atomic E-state index is 0.160. The fourth-order valence-electron chi connectivity index (χ4n) is 2.94.